The first-order valence-corrected chi connectivity index (χ1v) is 13.3. The smallest absolute Gasteiger partial charge is 0.450 e. The van der Waals surface area contributed by atoms with Crippen LogP contribution < -0.4 is 10.6 Å². The number of H-pyrrole nitrogens is 1. The van der Waals surface area contributed by atoms with E-state index in [1.54, 1.807) is 13.8 Å². The van der Waals surface area contributed by atoms with Crippen molar-refractivity contribution in [1.29, 1.82) is 0 Å². The normalized spacial score (nSPS) is 22.0. The molecule has 0 aliphatic carbocycles. The lowest BCUT2D eigenvalue weighted by Gasteiger charge is -2.50. The molecule has 0 unspecified atom stereocenters. The summed E-state index contributed by atoms with van der Waals surface area (Å²) in [6.07, 6.45) is -3.08. The number of aromatic amines is 1. The van der Waals surface area contributed by atoms with Crippen LogP contribution >= 0.6 is 11.6 Å². The van der Waals surface area contributed by atoms with Crippen LogP contribution in [0.2, 0.25) is 5.02 Å². The molecule has 2 saturated heterocycles. The summed E-state index contributed by atoms with van der Waals surface area (Å²) in [5.74, 6) is -1.38. The Morgan fingerprint density at radius 1 is 1.21 bits per heavy atom. The minimum Gasteiger partial charge on any atom is -0.450 e. The van der Waals surface area contributed by atoms with Crippen LogP contribution in [0, 0.1) is 0 Å². The first kappa shape index (κ1) is 28.4. The van der Waals surface area contributed by atoms with Crippen LogP contribution in [0.1, 0.15) is 45.1 Å². The summed E-state index contributed by atoms with van der Waals surface area (Å²) in [5.41, 5.74) is 5.38. The third-order valence-electron chi connectivity index (χ3n) is 7.74. The van der Waals surface area contributed by atoms with E-state index in [0.717, 1.165) is 18.4 Å². The van der Waals surface area contributed by atoms with Gasteiger partial charge in [-0.1, -0.05) is 37.6 Å². The zero-order chi connectivity index (χ0) is 27.5. The first-order chi connectivity index (χ1) is 18.0. The highest BCUT2D eigenvalue weighted by molar-refractivity contribution is 6.30. The molecule has 13 heteroatoms. The van der Waals surface area contributed by atoms with E-state index in [1.165, 1.54) is 0 Å². The number of aromatic nitrogens is 3. The van der Waals surface area contributed by atoms with Crippen molar-refractivity contribution < 1.29 is 27.4 Å². The summed E-state index contributed by atoms with van der Waals surface area (Å²) < 4.78 is 50.8. The van der Waals surface area contributed by atoms with E-state index in [1.807, 2.05) is 24.3 Å². The third kappa shape index (κ3) is 6.35. The number of halogens is 4. The van der Waals surface area contributed by atoms with E-state index < -0.39 is 23.9 Å². The number of anilines is 2. The van der Waals surface area contributed by atoms with Gasteiger partial charge in [-0.3, -0.25) is 4.90 Å². The Bertz CT molecular complexity index is 1070. The Hall–Kier alpha value is -2.57. The predicted octanol–water partition coefficient (Wildman–Crippen LogP) is 3.99. The average Bonchev–Trinajstić information content (AvgIpc) is 3.34. The Balaban J connectivity index is 1.54. The molecule has 2 aromatic rings. The molecule has 2 aliphatic rings. The molecule has 3 heterocycles. The molecule has 0 bridgehead atoms. The highest BCUT2D eigenvalue weighted by Crippen LogP contribution is 2.36. The fourth-order valence-corrected chi connectivity index (χ4v) is 5.64. The molecule has 9 nitrogen and oxygen atoms in total. The number of nitrogens with zero attached hydrogens (tertiary/aromatic N) is 4. The number of morpholine rings is 1. The second-order valence-corrected chi connectivity index (χ2v) is 10.3. The topological polar surface area (TPSA) is 110 Å². The molecule has 0 amide bonds. The SMILES string of the molecule is CCC(CC)(OC(=O)C(F)(F)F)[C@H]1CN(C2CCN(c3n[nH]c(N)n3)CC2)[C@@H](Cc2ccc(Cl)cc2)CO1. The van der Waals surface area contributed by atoms with Crippen LogP contribution in [-0.4, -0.2) is 82.3 Å². The minimum absolute atomic E-state index is 0.00661. The van der Waals surface area contributed by atoms with Crippen LogP contribution in [0.25, 0.3) is 0 Å². The number of nitrogens with two attached hydrogens (primary N) is 1. The van der Waals surface area contributed by atoms with E-state index in [-0.39, 0.29) is 30.9 Å². The van der Waals surface area contributed by atoms with E-state index in [0.29, 0.717) is 43.6 Å². The van der Waals surface area contributed by atoms with Crippen molar-refractivity contribution >= 4 is 29.5 Å². The third-order valence-corrected chi connectivity index (χ3v) is 7.99. The van der Waals surface area contributed by atoms with Crippen molar-refractivity contribution in [1.82, 2.24) is 20.1 Å². The number of nitrogens with one attached hydrogen (secondary N) is 1. The van der Waals surface area contributed by atoms with Gasteiger partial charge in [0.2, 0.25) is 11.9 Å². The highest BCUT2D eigenvalue weighted by atomic mass is 35.5. The lowest BCUT2D eigenvalue weighted by Crippen LogP contribution is -2.63. The van der Waals surface area contributed by atoms with E-state index in [2.05, 4.69) is 25.0 Å². The number of hydrogen-bond donors (Lipinski definition) is 2. The molecule has 2 fully saturated rings. The van der Waals surface area contributed by atoms with Crippen LogP contribution in [0.5, 0.6) is 0 Å². The molecular formula is C25H34ClF3N6O3. The van der Waals surface area contributed by atoms with Crippen LogP contribution in [0.3, 0.4) is 0 Å². The van der Waals surface area contributed by atoms with Crippen molar-refractivity contribution in [2.45, 2.75) is 75.9 Å². The largest absolute Gasteiger partial charge is 0.490 e. The number of carbonyl (C=O) groups is 1. The fraction of sp³-hybridized carbons (Fsp3) is 0.640. The molecule has 4 rings (SSSR count). The summed E-state index contributed by atoms with van der Waals surface area (Å²) in [6.45, 7) is 5.50. The van der Waals surface area contributed by atoms with Gasteiger partial charge in [0.25, 0.3) is 0 Å². The molecule has 1 aromatic heterocycles. The van der Waals surface area contributed by atoms with Crippen molar-refractivity contribution in [2.24, 2.45) is 0 Å². The molecule has 2 aliphatic heterocycles. The number of benzene rings is 1. The zero-order valence-electron chi connectivity index (χ0n) is 21.5. The minimum atomic E-state index is -5.07. The van der Waals surface area contributed by atoms with Gasteiger partial charge in [-0.15, -0.1) is 5.10 Å². The van der Waals surface area contributed by atoms with Gasteiger partial charge in [-0.2, -0.15) is 18.2 Å². The standard InChI is InChI=1S/C25H34ClF3N6O3/c1-3-24(4-2,38-21(36)25(27,28)29)20-14-35(19(15-37-20)13-16-5-7-17(26)8-6-16)18-9-11-34(12-10-18)23-31-22(30)32-33-23/h5-8,18-20H,3-4,9-15H2,1-2H3,(H3,30,31,32,33)/t19-,20+/m0/s1. The molecule has 2 atom stereocenters. The van der Waals surface area contributed by atoms with Gasteiger partial charge in [-0.25, -0.2) is 9.89 Å². The summed E-state index contributed by atoms with van der Waals surface area (Å²) in [6, 6.07) is 7.76. The Kier molecular flexibility index (Phi) is 8.73. The van der Waals surface area contributed by atoms with Crippen molar-refractivity contribution in [3.8, 4) is 0 Å². The van der Waals surface area contributed by atoms with E-state index in [9.17, 15) is 18.0 Å². The van der Waals surface area contributed by atoms with Crippen molar-refractivity contribution in [2.75, 3.05) is 36.9 Å². The highest BCUT2D eigenvalue weighted by Gasteiger charge is 2.51. The number of hydrogen-bond acceptors (Lipinski definition) is 8. The van der Waals surface area contributed by atoms with Gasteiger partial charge in [0.1, 0.15) is 11.7 Å². The maximum atomic E-state index is 13.1. The Morgan fingerprint density at radius 3 is 2.42 bits per heavy atom. The van der Waals surface area contributed by atoms with Gasteiger partial charge in [0.15, 0.2) is 0 Å². The van der Waals surface area contributed by atoms with Gasteiger partial charge >= 0.3 is 12.1 Å². The molecule has 0 saturated carbocycles. The number of esters is 1. The number of piperidine rings is 1. The molecule has 210 valence electrons. The van der Waals surface area contributed by atoms with Gasteiger partial charge in [-0.05, 0) is 49.8 Å². The maximum absolute atomic E-state index is 13.1. The van der Waals surface area contributed by atoms with Crippen LogP contribution in [0.4, 0.5) is 25.1 Å². The molecular weight excluding hydrogens is 525 g/mol. The average molecular weight is 559 g/mol. The van der Waals surface area contributed by atoms with Crippen molar-refractivity contribution in [3.05, 3.63) is 34.9 Å². The number of alkyl halides is 3. The summed E-state index contributed by atoms with van der Waals surface area (Å²) >= 11 is 6.06. The monoisotopic (exact) mass is 558 g/mol. The summed E-state index contributed by atoms with van der Waals surface area (Å²) in [5, 5.41) is 7.45. The fourth-order valence-electron chi connectivity index (χ4n) is 5.51. The second kappa shape index (κ2) is 11.7. The molecule has 0 spiro atoms. The molecule has 38 heavy (non-hydrogen) atoms. The lowest BCUT2D eigenvalue weighted by molar-refractivity contribution is -0.235. The Morgan fingerprint density at radius 2 is 1.87 bits per heavy atom. The lowest BCUT2D eigenvalue weighted by atomic mass is 9.86. The molecule has 0 radical (unpaired) electrons. The maximum Gasteiger partial charge on any atom is 0.490 e. The van der Waals surface area contributed by atoms with Gasteiger partial charge < -0.3 is 20.1 Å². The number of ether oxygens (including phenoxy) is 2. The summed E-state index contributed by atoms with van der Waals surface area (Å²) in [7, 11) is 0. The quantitative estimate of drug-likeness (QED) is 0.468. The predicted molar refractivity (Wildman–Crippen MR) is 137 cm³/mol. The number of nitrogen functional groups attached to an aromatic ring is 1. The number of rotatable bonds is 8. The van der Waals surface area contributed by atoms with E-state index in [4.69, 9.17) is 26.8 Å². The molecule has 1 aromatic carbocycles. The first-order valence-electron chi connectivity index (χ1n) is 12.9. The van der Waals surface area contributed by atoms with Crippen LogP contribution in [0.15, 0.2) is 24.3 Å². The summed E-state index contributed by atoms with van der Waals surface area (Å²) in [4.78, 5) is 20.5. The number of carbonyl (C=O) groups excluding carboxylic acids is 1. The van der Waals surface area contributed by atoms with Crippen molar-refractivity contribution in [3.63, 3.8) is 0 Å². The Labute approximate surface area is 224 Å². The van der Waals surface area contributed by atoms with Gasteiger partial charge in [0, 0.05) is 36.7 Å². The molecule has 3 N–H and O–H groups in total. The zero-order valence-corrected chi connectivity index (χ0v) is 22.3. The van der Waals surface area contributed by atoms with Gasteiger partial charge in [0.05, 0.1) is 6.61 Å². The van der Waals surface area contributed by atoms with E-state index >= 15 is 0 Å². The second-order valence-electron chi connectivity index (χ2n) is 9.90. The van der Waals surface area contributed by atoms with Crippen LogP contribution in [-0.2, 0) is 20.7 Å².